The minimum absolute atomic E-state index is 0.0460. The molecule has 0 saturated carbocycles. The number of rotatable bonds is 5. The first kappa shape index (κ1) is 15.2. The fourth-order valence-electron chi connectivity index (χ4n) is 1.75. The summed E-state index contributed by atoms with van der Waals surface area (Å²) in [4.78, 5) is 23.8. The highest BCUT2D eigenvalue weighted by molar-refractivity contribution is 5.95. The van der Waals surface area contributed by atoms with E-state index in [1.165, 1.54) is 11.8 Å². The number of ether oxygens (including phenoxy) is 1. The Bertz CT molecular complexity index is 466. The van der Waals surface area contributed by atoms with Gasteiger partial charge >= 0.3 is 5.97 Å². The number of aryl methyl sites for hydroxylation is 2. The monoisotopic (exact) mass is 267 g/mol. The largest absolute Gasteiger partial charge is 0.467 e. The predicted molar refractivity (Wildman–Crippen MR) is 70.7 cm³/mol. The van der Waals surface area contributed by atoms with Crippen LogP contribution in [0.3, 0.4) is 0 Å². The second-order valence-electron chi connectivity index (χ2n) is 4.72. The van der Waals surface area contributed by atoms with E-state index in [0.717, 1.165) is 12.1 Å². The van der Waals surface area contributed by atoms with Crippen LogP contribution in [-0.2, 0) is 23.0 Å². The average Bonchev–Trinajstić information content (AvgIpc) is 2.75. The van der Waals surface area contributed by atoms with Crippen LogP contribution in [0.25, 0.3) is 0 Å². The molecule has 1 aromatic rings. The number of carbonyl (C=O) groups excluding carboxylic acids is 2. The Hall–Kier alpha value is -1.85. The van der Waals surface area contributed by atoms with E-state index in [1.807, 2.05) is 20.8 Å². The lowest BCUT2D eigenvalue weighted by Gasteiger charge is -2.19. The quantitative estimate of drug-likeness (QED) is 0.805. The molecule has 0 aliphatic rings. The van der Waals surface area contributed by atoms with Gasteiger partial charge in [0.25, 0.3) is 5.91 Å². The lowest BCUT2D eigenvalue weighted by atomic mass is 10.0. The molecule has 0 aromatic carbocycles. The summed E-state index contributed by atoms with van der Waals surface area (Å²) in [5, 5.41) is 6.89. The van der Waals surface area contributed by atoms with Crippen LogP contribution < -0.4 is 5.32 Å². The molecule has 0 spiro atoms. The van der Waals surface area contributed by atoms with Crippen LogP contribution in [0.1, 0.15) is 37.0 Å². The Kier molecular flexibility index (Phi) is 5.09. The number of hydrogen-bond acceptors (Lipinski definition) is 4. The summed E-state index contributed by atoms with van der Waals surface area (Å²) >= 11 is 0. The zero-order chi connectivity index (χ0) is 14.6. The SMILES string of the molecule is CCc1cc(C(=O)NC(C(=O)OC)C(C)C)n(C)n1. The minimum Gasteiger partial charge on any atom is -0.467 e. The summed E-state index contributed by atoms with van der Waals surface area (Å²) in [6.07, 6.45) is 0.756. The summed E-state index contributed by atoms with van der Waals surface area (Å²) in [6, 6.07) is 1.07. The Morgan fingerprint density at radius 1 is 1.47 bits per heavy atom. The molecule has 0 aliphatic carbocycles. The van der Waals surface area contributed by atoms with Crippen LogP contribution in [0, 0.1) is 5.92 Å². The highest BCUT2D eigenvalue weighted by Gasteiger charge is 2.26. The first-order chi connectivity index (χ1) is 8.90. The molecule has 0 fully saturated rings. The smallest absolute Gasteiger partial charge is 0.328 e. The van der Waals surface area contributed by atoms with Crippen molar-refractivity contribution in [1.82, 2.24) is 15.1 Å². The number of nitrogens with zero attached hydrogens (tertiary/aromatic N) is 2. The van der Waals surface area contributed by atoms with E-state index >= 15 is 0 Å². The van der Waals surface area contributed by atoms with Crippen molar-refractivity contribution in [2.75, 3.05) is 7.11 Å². The van der Waals surface area contributed by atoms with Crippen molar-refractivity contribution >= 4 is 11.9 Å². The van der Waals surface area contributed by atoms with Crippen molar-refractivity contribution in [2.45, 2.75) is 33.2 Å². The maximum Gasteiger partial charge on any atom is 0.328 e. The number of esters is 1. The van der Waals surface area contributed by atoms with Crippen LogP contribution in [0.4, 0.5) is 0 Å². The van der Waals surface area contributed by atoms with Crippen LogP contribution >= 0.6 is 0 Å². The number of methoxy groups -OCH3 is 1. The zero-order valence-electron chi connectivity index (χ0n) is 12.1. The zero-order valence-corrected chi connectivity index (χ0v) is 12.1. The molecule has 0 aliphatic heterocycles. The molecule has 1 rings (SSSR count). The third-order valence-electron chi connectivity index (χ3n) is 2.93. The van der Waals surface area contributed by atoms with Crippen LogP contribution in [-0.4, -0.2) is 34.8 Å². The van der Waals surface area contributed by atoms with Gasteiger partial charge < -0.3 is 10.1 Å². The Labute approximate surface area is 113 Å². The fourth-order valence-corrected chi connectivity index (χ4v) is 1.75. The number of amides is 1. The van der Waals surface area contributed by atoms with E-state index in [1.54, 1.807) is 13.1 Å². The lowest BCUT2D eigenvalue weighted by molar-refractivity contribution is -0.144. The molecule has 6 nitrogen and oxygen atoms in total. The van der Waals surface area contributed by atoms with Gasteiger partial charge in [0, 0.05) is 7.05 Å². The highest BCUT2D eigenvalue weighted by atomic mass is 16.5. The minimum atomic E-state index is -0.655. The number of aromatic nitrogens is 2. The topological polar surface area (TPSA) is 73.2 Å². The first-order valence-corrected chi connectivity index (χ1v) is 6.32. The molecule has 1 aromatic heterocycles. The van der Waals surface area contributed by atoms with Crippen LogP contribution in [0.2, 0.25) is 0 Å². The molecular formula is C13H21N3O3. The molecule has 19 heavy (non-hydrogen) atoms. The van der Waals surface area contributed by atoms with Gasteiger partial charge in [0.05, 0.1) is 12.8 Å². The molecule has 0 saturated heterocycles. The molecule has 0 bridgehead atoms. The van der Waals surface area contributed by atoms with Crippen LogP contribution in [0.15, 0.2) is 6.07 Å². The summed E-state index contributed by atoms with van der Waals surface area (Å²) in [6.45, 7) is 5.67. The summed E-state index contributed by atoms with van der Waals surface area (Å²) in [5.74, 6) is -0.810. The van der Waals surface area contributed by atoms with Crippen molar-refractivity contribution in [3.8, 4) is 0 Å². The predicted octanol–water partition coefficient (Wildman–Crippen LogP) is 0.910. The number of carbonyl (C=O) groups is 2. The van der Waals surface area contributed by atoms with Gasteiger partial charge in [0.2, 0.25) is 0 Å². The van der Waals surface area contributed by atoms with Gasteiger partial charge in [-0.2, -0.15) is 5.10 Å². The van der Waals surface area contributed by atoms with Gasteiger partial charge in [-0.15, -0.1) is 0 Å². The maximum absolute atomic E-state index is 12.2. The Morgan fingerprint density at radius 2 is 2.11 bits per heavy atom. The number of hydrogen-bond donors (Lipinski definition) is 1. The molecule has 1 N–H and O–H groups in total. The summed E-state index contributed by atoms with van der Waals surface area (Å²) in [7, 11) is 3.01. The van der Waals surface area contributed by atoms with E-state index in [4.69, 9.17) is 4.74 Å². The van der Waals surface area contributed by atoms with Crippen molar-refractivity contribution in [2.24, 2.45) is 13.0 Å². The normalized spacial score (nSPS) is 12.3. The summed E-state index contributed by atoms with van der Waals surface area (Å²) < 4.78 is 6.21. The standard InChI is InChI=1S/C13H21N3O3/c1-6-9-7-10(16(4)15-9)12(17)14-11(8(2)3)13(18)19-5/h7-8,11H,6H2,1-5H3,(H,14,17). The van der Waals surface area contributed by atoms with Gasteiger partial charge in [0.1, 0.15) is 11.7 Å². The molecule has 1 atom stereocenters. The van der Waals surface area contributed by atoms with Gasteiger partial charge in [-0.3, -0.25) is 9.48 Å². The van der Waals surface area contributed by atoms with Gasteiger partial charge in [0.15, 0.2) is 0 Å². The van der Waals surface area contributed by atoms with E-state index in [2.05, 4.69) is 10.4 Å². The van der Waals surface area contributed by atoms with E-state index in [9.17, 15) is 9.59 Å². The first-order valence-electron chi connectivity index (χ1n) is 6.32. The van der Waals surface area contributed by atoms with Crippen molar-refractivity contribution in [3.05, 3.63) is 17.5 Å². The fraction of sp³-hybridized carbons (Fsp3) is 0.615. The van der Waals surface area contributed by atoms with Crippen LogP contribution in [0.5, 0.6) is 0 Å². The number of nitrogens with one attached hydrogen (secondary N) is 1. The van der Waals surface area contributed by atoms with Crippen molar-refractivity contribution in [1.29, 1.82) is 0 Å². The molecule has 1 amide bonds. The van der Waals surface area contributed by atoms with E-state index < -0.39 is 12.0 Å². The molecule has 0 radical (unpaired) electrons. The Balaban J connectivity index is 2.87. The van der Waals surface area contributed by atoms with Crippen molar-refractivity contribution < 1.29 is 14.3 Å². The molecule has 1 heterocycles. The second-order valence-corrected chi connectivity index (χ2v) is 4.72. The molecule has 106 valence electrons. The van der Waals surface area contributed by atoms with E-state index in [0.29, 0.717) is 5.69 Å². The third kappa shape index (κ3) is 3.56. The third-order valence-corrected chi connectivity index (χ3v) is 2.93. The van der Waals surface area contributed by atoms with E-state index in [-0.39, 0.29) is 11.8 Å². The van der Waals surface area contributed by atoms with Gasteiger partial charge in [-0.1, -0.05) is 20.8 Å². The maximum atomic E-state index is 12.2. The Morgan fingerprint density at radius 3 is 2.53 bits per heavy atom. The van der Waals surface area contributed by atoms with Gasteiger partial charge in [-0.25, -0.2) is 4.79 Å². The average molecular weight is 267 g/mol. The summed E-state index contributed by atoms with van der Waals surface area (Å²) in [5.41, 5.74) is 1.28. The lowest BCUT2D eigenvalue weighted by Crippen LogP contribution is -2.45. The second kappa shape index (κ2) is 6.36. The molecule has 6 heteroatoms. The molecule has 1 unspecified atom stereocenters. The van der Waals surface area contributed by atoms with Crippen molar-refractivity contribution in [3.63, 3.8) is 0 Å². The molecular weight excluding hydrogens is 246 g/mol. The highest BCUT2D eigenvalue weighted by Crippen LogP contribution is 2.08. The van der Waals surface area contributed by atoms with Gasteiger partial charge in [-0.05, 0) is 18.4 Å².